The standard InChI is InChI=1S/C13H18N2O/c1-2-11-3-4-12(10-13(11)14-5-1)15-6-8-16-9-7-15/h1-3,5,12-13H,4,6-10H2. The van der Waals surface area contributed by atoms with Gasteiger partial charge in [-0.05, 0) is 24.5 Å². The molecule has 2 aliphatic heterocycles. The molecule has 0 aromatic rings. The molecule has 1 saturated heterocycles. The SMILES string of the molecule is C1=CC2=CCC(N3CCOCC3)CC2N=C1. The van der Waals surface area contributed by atoms with Gasteiger partial charge in [0.1, 0.15) is 0 Å². The van der Waals surface area contributed by atoms with Crippen LogP contribution in [0.1, 0.15) is 12.8 Å². The third kappa shape index (κ3) is 1.97. The van der Waals surface area contributed by atoms with Crippen LogP contribution >= 0.6 is 0 Å². The topological polar surface area (TPSA) is 24.8 Å². The van der Waals surface area contributed by atoms with Crippen LogP contribution in [-0.2, 0) is 4.74 Å². The summed E-state index contributed by atoms with van der Waals surface area (Å²) in [5, 5.41) is 0. The molecule has 3 nitrogen and oxygen atoms in total. The van der Waals surface area contributed by atoms with Gasteiger partial charge in [-0.2, -0.15) is 0 Å². The number of fused-ring (bicyclic) bond motifs is 1. The number of aliphatic imine (C=N–C) groups is 1. The van der Waals surface area contributed by atoms with E-state index < -0.39 is 0 Å². The molecule has 0 aromatic carbocycles. The average Bonchev–Trinajstić information content (AvgIpc) is 2.39. The van der Waals surface area contributed by atoms with Gasteiger partial charge in [0.05, 0.1) is 19.3 Å². The van der Waals surface area contributed by atoms with Gasteiger partial charge in [0.2, 0.25) is 0 Å². The Labute approximate surface area is 96.5 Å². The Balaban J connectivity index is 1.69. The van der Waals surface area contributed by atoms with E-state index in [2.05, 4.69) is 22.0 Å². The van der Waals surface area contributed by atoms with Gasteiger partial charge in [0, 0.05) is 25.3 Å². The molecule has 3 heteroatoms. The van der Waals surface area contributed by atoms with E-state index in [1.165, 1.54) is 18.4 Å². The molecular weight excluding hydrogens is 200 g/mol. The molecular formula is C13H18N2O. The normalized spacial score (nSPS) is 34.6. The van der Waals surface area contributed by atoms with Crippen molar-refractivity contribution in [3.05, 3.63) is 23.8 Å². The maximum atomic E-state index is 5.40. The molecule has 0 radical (unpaired) electrons. The lowest BCUT2D eigenvalue weighted by molar-refractivity contribution is 0.0137. The summed E-state index contributed by atoms with van der Waals surface area (Å²) in [5.74, 6) is 0. The van der Waals surface area contributed by atoms with Gasteiger partial charge in [0.25, 0.3) is 0 Å². The van der Waals surface area contributed by atoms with E-state index in [9.17, 15) is 0 Å². The Morgan fingerprint density at radius 2 is 2.19 bits per heavy atom. The number of ether oxygens (including phenoxy) is 1. The first-order valence-corrected chi connectivity index (χ1v) is 6.15. The van der Waals surface area contributed by atoms with Gasteiger partial charge < -0.3 is 4.74 Å². The van der Waals surface area contributed by atoms with Crippen LogP contribution in [0.15, 0.2) is 28.8 Å². The summed E-state index contributed by atoms with van der Waals surface area (Å²) in [5.41, 5.74) is 1.41. The molecule has 0 N–H and O–H groups in total. The van der Waals surface area contributed by atoms with E-state index in [4.69, 9.17) is 4.74 Å². The van der Waals surface area contributed by atoms with Crippen LogP contribution in [0.4, 0.5) is 0 Å². The van der Waals surface area contributed by atoms with Crippen molar-refractivity contribution in [2.24, 2.45) is 4.99 Å². The van der Waals surface area contributed by atoms with E-state index in [1.807, 2.05) is 12.3 Å². The molecule has 0 saturated carbocycles. The summed E-state index contributed by atoms with van der Waals surface area (Å²) >= 11 is 0. The van der Waals surface area contributed by atoms with Gasteiger partial charge in [-0.15, -0.1) is 0 Å². The van der Waals surface area contributed by atoms with Gasteiger partial charge in [0.15, 0.2) is 0 Å². The van der Waals surface area contributed by atoms with Gasteiger partial charge in [-0.1, -0.05) is 12.2 Å². The highest BCUT2D eigenvalue weighted by molar-refractivity contribution is 5.74. The zero-order valence-corrected chi connectivity index (χ0v) is 9.51. The second kappa shape index (κ2) is 4.52. The number of allylic oxidation sites excluding steroid dienone is 1. The van der Waals surface area contributed by atoms with Crippen LogP contribution in [0.3, 0.4) is 0 Å². The first-order valence-electron chi connectivity index (χ1n) is 6.15. The first-order chi connectivity index (χ1) is 7.93. The van der Waals surface area contributed by atoms with E-state index in [0.717, 1.165) is 26.3 Å². The van der Waals surface area contributed by atoms with Crippen LogP contribution in [0.25, 0.3) is 0 Å². The predicted octanol–water partition coefficient (Wildman–Crippen LogP) is 1.42. The second-order valence-electron chi connectivity index (χ2n) is 4.65. The molecule has 3 rings (SSSR count). The van der Waals surface area contributed by atoms with Crippen LogP contribution in [0, 0.1) is 0 Å². The Bertz CT molecular complexity index is 340. The van der Waals surface area contributed by atoms with Crippen molar-refractivity contribution >= 4 is 6.21 Å². The number of nitrogens with zero attached hydrogens (tertiary/aromatic N) is 2. The number of hydrogen-bond acceptors (Lipinski definition) is 3. The number of dihydropyridines is 1. The van der Waals surface area contributed by atoms with Crippen molar-refractivity contribution < 1.29 is 4.74 Å². The Hall–Kier alpha value is -0.930. The number of rotatable bonds is 1. The Morgan fingerprint density at radius 1 is 1.31 bits per heavy atom. The maximum absolute atomic E-state index is 5.40. The minimum absolute atomic E-state index is 0.409. The summed E-state index contributed by atoms with van der Waals surface area (Å²) in [4.78, 5) is 7.12. The lowest BCUT2D eigenvalue weighted by Gasteiger charge is -2.38. The highest BCUT2D eigenvalue weighted by Gasteiger charge is 2.28. The number of morpholine rings is 1. The summed E-state index contributed by atoms with van der Waals surface area (Å²) in [6, 6.07) is 1.08. The lowest BCUT2D eigenvalue weighted by atomic mass is 9.88. The molecule has 3 aliphatic rings. The molecule has 1 aliphatic carbocycles. The predicted molar refractivity (Wildman–Crippen MR) is 64.9 cm³/mol. The van der Waals surface area contributed by atoms with Crippen molar-refractivity contribution in [2.75, 3.05) is 26.3 Å². The molecule has 1 fully saturated rings. The van der Waals surface area contributed by atoms with Gasteiger partial charge in [-0.25, -0.2) is 0 Å². The molecule has 0 aromatic heterocycles. The molecule has 2 atom stereocenters. The minimum Gasteiger partial charge on any atom is -0.379 e. The summed E-state index contributed by atoms with van der Waals surface area (Å²) in [7, 11) is 0. The fourth-order valence-electron chi connectivity index (χ4n) is 2.77. The molecule has 16 heavy (non-hydrogen) atoms. The highest BCUT2D eigenvalue weighted by Crippen LogP contribution is 2.27. The largest absolute Gasteiger partial charge is 0.379 e. The smallest absolute Gasteiger partial charge is 0.0760 e. The molecule has 2 unspecified atom stereocenters. The zero-order valence-electron chi connectivity index (χ0n) is 9.51. The Kier molecular flexibility index (Phi) is 2.89. The Morgan fingerprint density at radius 3 is 3.06 bits per heavy atom. The van der Waals surface area contributed by atoms with Crippen LogP contribution in [-0.4, -0.2) is 49.5 Å². The first kappa shape index (κ1) is 10.2. The fourth-order valence-corrected chi connectivity index (χ4v) is 2.77. The third-order valence-electron chi connectivity index (χ3n) is 3.71. The summed E-state index contributed by atoms with van der Waals surface area (Å²) < 4.78 is 5.40. The van der Waals surface area contributed by atoms with Gasteiger partial charge in [-0.3, -0.25) is 9.89 Å². The average molecular weight is 218 g/mol. The summed E-state index contributed by atoms with van der Waals surface area (Å²) in [6.07, 6.45) is 10.9. The van der Waals surface area contributed by atoms with E-state index in [0.29, 0.717) is 12.1 Å². The molecule has 0 amide bonds. The second-order valence-corrected chi connectivity index (χ2v) is 4.65. The van der Waals surface area contributed by atoms with Crippen molar-refractivity contribution in [3.8, 4) is 0 Å². The van der Waals surface area contributed by atoms with Crippen molar-refractivity contribution in [3.63, 3.8) is 0 Å². The third-order valence-corrected chi connectivity index (χ3v) is 3.71. The van der Waals surface area contributed by atoms with Crippen molar-refractivity contribution in [1.29, 1.82) is 0 Å². The van der Waals surface area contributed by atoms with Crippen LogP contribution in [0.2, 0.25) is 0 Å². The van der Waals surface area contributed by atoms with E-state index >= 15 is 0 Å². The molecule has 2 heterocycles. The number of hydrogen-bond donors (Lipinski definition) is 0. The van der Waals surface area contributed by atoms with Crippen molar-refractivity contribution in [1.82, 2.24) is 4.90 Å². The highest BCUT2D eigenvalue weighted by atomic mass is 16.5. The quantitative estimate of drug-likeness (QED) is 0.665. The monoisotopic (exact) mass is 218 g/mol. The molecule has 0 spiro atoms. The molecule has 0 bridgehead atoms. The van der Waals surface area contributed by atoms with E-state index in [1.54, 1.807) is 0 Å². The summed E-state index contributed by atoms with van der Waals surface area (Å²) in [6.45, 7) is 3.95. The van der Waals surface area contributed by atoms with Crippen LogP contribution < -0.4 is 0 Å². The molecule has 86 valence electrons. The van der Waals surface area contributed by atoms with E-state index in [-0.39, 0.29) is 0 Å². The van der Waals surface area contributed by atoms with Gasteiger partial charge >= 0.3 is 0 Å². The fraction of sp³-hybridized carbons (Fsp3) is 0.615. The van der Waals surface area contributed by atoms with Crippen LogP contribution in [0.5, 0.6) is 0 Å². The lowest BCUT2D eigenvalue weighted by Crippen LogP contribution is -2.45. The van der Waals surface area contributed by atoms with Crippen molar-refractivity contribution in [2.45, 2.75) is 24.9 Å². The zero-order chi connectivity index (χ0) is 10.8. The minimum atomic E-state index is 0.409. The maximum Gasteiger partial charge on any atom is 0.0760 e.